The van der Waals surface area contributed by atoms with Crippen molar-refractivity contribution in [1.29, 1.82) is 0 Å². The van der Waals surface area contributed by atoms with Crippen molar-refractivity contribution in [3.8, 4) is 5.75 Å². The minimum Gasteiger partial charge on any atom is -0.496 e. The Morgan fingerprint density at radius 1 is 1.04 bits per heavy atom. The van der Waals surface area contributed by atoms with Gasteiger partial charge in [0.25, 0.3) is 0 Å². The molecule has 2 aromatic carbocycles. The van der Waals surface area contributed by atoms with Crippen molar-refractivity contribution in [2.75, 3.05) is 7.11 Å². The van der Waals surface area contributed by atoms with E-state index in [4.69, 9.17) is 4.74 Å². The van der Waals surface area contributed by atoms with Crippen molar-refractivity contribution in [3.05, 3.63) is 59.2 Å². The fourth-order valence-corrected chi connectivity index (χ4v) is 4.31. The van der Waals surface area contributed by atoms with Crippen molar-refractivity contribution in [2.45, 2.75) is 37.1 Å². The number of para-hydroxylation sites is 1. The van der Waals surface area contributed by atoms with Crippen LogP contribution in [-0.2, 0) is 15.6 Å². The summed E-state index contributed by atoms with van der Waals surface area (Å²) in [5, 5.41) is 0. The molecule has 0 heterocycles. The highest BCUT2D eigenvalue weighted by Gasteiger charge is 2.49. The van der Waals surface area contributed by atoms with Crippen LogP contribution >= 0.6 is 0 Å². The number of methoxy groups -OCH3 is 1. The van der Waals surface area contributed by atoms with Crippen LogP contribution in [0.15, 0.2) is 47.4 Å². The number of benzene rings is 2. The normalized spacial score (nSPS) is 16.1. The Bertz CT molecular complexity index is 839. The molecule has 23 heavy (non-hydrogen) atoms. The van der Waals surface area contributed by atoms with Gasteiger partial charge in [-0.1, -0.05) is 24.3 Å². The average molecular weight is 331 g/mol. The Morgan fingerprint density at radius 2 is 1.74 bits per heavy atom. The summed E-state index contributed by atoms with van der Waals surface area (Å²) >= 11 is 0. The molecule has 2 aromatic rings. The molecule has 122 valence electrons. The van der Waals surface area contributed by atoms with E-state index < -0.39 is 15.6 Å². The van der Waals surface area contributed by atoms with E-state index in [0.717, 1.165) is 29.5 Å². The first-order valence-electron chi connectivity index (χ1n) is 7.63. The zero-order valence-electron chi connectivity index (χ0n) is 13.6. The van der Waals surface area contributed by atoms with Crippen LogP contribution < -0.4 is 9.46 Å². The van der Waals surface area contributed by atoms with E-state index in [2.05, 4.69) is 4.72 Å². The molecule has 0 unspecified atom stereocenters. The standard InChI is InChI=1S/C18H21NO3S/c1-13-8-9-15(12-14(13)2)23(20,21)19-18(10-11-18)16-6-4-5-7-17(16)22-3/h4-9,12,19H,10-11H2,1-3H3. The molecular weight excluding hydrogens is 310 g/mol. The molecule has 0 bridgehead atoms. The number of rotatable bonds is 5. The van der Waals surface area contributed by atoms with Crippen molar-refractivity contribution >= 4 is 10.0 Å². The number of aryl methyl sites for hydroxylation is 2. The quantitative estimate of drug-likeness (QED) is 0.915. The second-order valence-corrected chi connectivity index (χ2v) is 7.82. The fraction of sp³-hybridized carbons (Fsp3) is 0.333. The van der Waals surface area contributed by atoms with Gasteiger partial charge in [-0.3, -0.25) is 0 Å². The summed E-state index contributed by atoms with van der Waals surface area (Å²) in [6, 6.07) is 12.8. The van der Waals surface area contributed by atoms with E-state index in [0.29, 0.717) is 10.6 Å². The molecule has 0 saturated heterocycles. The largest absolute Gasteiger partial charge is 0.496 e. The Labute approximate surface area is 137 Å². The van der Waals surface area contributed by atoms with E-state index in [-0.39, 0.29) is 0 Å². The number of sulfonamides is 1. The third-order valence-corrected chi connectivity index (χ3v) is 6.02. The van der Waals surface area contributed by atoms with Gasteiger partial charge in [0, 0.05) is 5.56 Å². The van der Waals surface area contributed by atoms with Crippen LogP contribution in [0, 0.1) is 13.8 Å². The molecule has 3 rings (SSSR count). The Morgan fingerprint density at radius 3 is 2.35 bits per heavy atom. The van der Waals surface area contributed by atoms with E-state index in [1.165, 1.54) is 0 Å². The lowest BCUT2D eigenvalue weighted by molar-refractivity contribution is 0.401. The first-order valence-corrected chi connectivity index (χ1v) is 9.11. The lowest BCUT2D eigenvalue weighted by atomic mass is 10.1. The molecular formula is C18H21NO3S. The maximum absolute atomic E-state index is 12.8. The predicted octanol–water partition coefficient (Wildman–Crippen LogP) is 3.28. The van der Waals surface area contributed by atoms with Gasteiger partial charge in [0.05, 0.1) is 17.5 Å². The second-order valence-electron chi connectivity index (χ2n) is 6.13. The summed E-state index contributed by atoms with van der Waals surface area (Å²) in [7, 11) is -1.97. The van der Waals surface area contributed by atoms with Crippen LogP contribution in [0.3, 0.4) is 0 Å². The summed E-state index contributed by atoms with van der Waals surface area (Å²) in [6.07, 6.45) is 1.55. The molecule has 0 spiro atoms. The lowest BCUT2D eigenvalue weighted by Crippen LogP contribution is -2.35. The van der Waals surface area contributed by atoms with Gasteiger partial charge in [0.1, 0.15) is 5.75 Å². The van der Waals surface area contributed by atoms with Gasteiger partial charge in [-0.25, -0.2) is 13.1 Å². The van der Waals surface area contributed by atoms with E-state index in [1.54, 1.807) is 19.2 Å². The van der Waals surface area contributed by atoms with E-state index >= 15 is 0 Å². The smallest absolute Gasteiger partial charge is 0.241 e. The first-order chi connectivity index (χ1) is 10.9. The number of hydrogen-bond donors (Lipinski definition) is 1. The highest BCUT2D eigenvalue weighted by atomic mass is 32.2. The van der Waals surface area contributed by atoms with Gasteiger partial charge < -0.3 is 4.74 Å². The fourth-order valence-electron chi connectivity index (χ4n) is 2.79. The van der Waals surface area contributed by atoms with Crippen molar-refractivity contribution in [3.63, 3.8) is 0 Å². The van der Waals surface area contributed by atoms with Gasteiger partial charge in [0.15, 0.2) is 0 Å². The van der Waals surface area contributed by atoms with Crippen LogP contribution in [0.25, 0.3) is 0 Å². The summed E-state index contributed by atoms with van der Waals surface area (Å²) in [5.74, 6) is 0.716. The van der Waals surface area contributed by atoms with Gasteiger partial charge in [-0.15, -0.1) is 0 Å². The minimum absolute atomic E-state index is 0.307. The molecule has 0 aliphatic heterocycles. The monoisotopic (exact) mass is 331 g/mol. The summed E-state index contributed by atoms with van der Waals surface area (Å²) in [5.41, 5.74) is 2.39. The molecule has 1 aliphatic rings. The number of hydrogen-bond acceptors (Lipinski definition) is 3. The van der Waals surface area contributed by atoms with Crippen molar-refractivity contribution in [1.82, 2.24) is 4.72 Å². The molecule has 1 saturated carbocycles. The van der Waals surface area contributed by atoms with Gasteiger partial charge in [0.2, 0.25) is 10.0 Å². The van der Waals surface area contributed by atoms with Crippen LogP contribution in [-0.4, -0.2) is 15.5 Å². The SMILES string of the molecule is COc1ccccc1C1(NS(=O)(=O)c2ccc(C)c(C)c2)CC1. The number of ether oxygens (including phenoxy) is 1. The maximum atomic E-state index is 12.8. The van der Waals surface area contributed by atoms with E-state index in [9.17, 15) is 8.42 Å². The highest BCUT2D eigenvalue weighted by molar-refractivity contribution is 7.89. The lowest BCUT2D eigenvalue weighted by Gasteiger charge is -2.20. The average Bonchev–Trinajstić information content (AvgIpc) is 3.29. The third kappa shape index (κ3) is 2.99. The zero-order valence-corrected chi connectivity index (χ0v) is 14.4. The van der Waals surface area contributed by atoms with Crippen molar-refractivity contribution < 1.29 is 13.2 Å². The Hall–Kier alpha value is -1.85. The Balaban J connectivity index is 1.95. The van der Waals surface area contributed by atoms with E-state index in [1.807, 2.05) is 44.2 Å². The predicted molar refractivity (Wildman–Crippen MR) is 90.1 cm³/mol. The second kappa shape index (κ2) is 5.65. The maximum Gasteiger partial charge on any atom is 0.241 e. The van der Waals surface area contributed by atoms with Crippen molar-refractivity contribution in [2.24, 2.45) is 0 Å². The molecule has 0 amide bonds. The molecule has 1 fully saturated rings. The third-order valence-electron chi connectivity index (χ3n) is 4.49. The zero-order chi connectivity index (χ0) is 16.7. The molecule has 4 nitrogen and oxygen atoms in total. The molecule has 0 atom stereocenters. The summed E-state index contributed by atoms with van der Waals surface area (Å²) in [6.45, 7) is 3.89. The number of nitrogens with one attached hydrogen (secondary N) is 1. The molecule has 5 heteroatoms. The van der Waals surface area contributed by atoms with Gasteiger partial charge >= 0.3 is 0 Å². The van der Waals surface area contributed by atoms with Gasteiger partial charge in [-0.05, 0) is 56.0 Å². The topological polar surface area (TPSA) is 55.4 Å². The minimum atomic E-state index is -3.57. The van der Waals surface area contributed by atoms with Gasteiger partial charge in [-0.2, -0.15) is 0 Å². The molecule has 0 radical (unpaired) electrons. The first kappa shape index (κ1) is 16.0. The van der Waals surface area contributed by atoms with Crippen LogP contribution in [0.1, 0.15) is 29.5 Å². The van der Waals surface area contributed by atoms with Crippen LogP contribution in [0.2, 0.25) is 0 Å². The molecule has 1 aliphatic carbocycles. The highest BCUT2D eigenvalue weighted by Crippen LogP contribution is 2.49. The molecule has 1 N–H and O–H groups in total. The molecule has 0 aromatic heterocycles. The van der Waals surface area contributed by atoms with Crippen LogP contribution in [0.5, 0.6) is 5.75 Å². The van der Waals surface area contributed by atoms with Crippen LogP contribution in [0.4, 0.5) is 0 Å². The summed E-state index contributed by atoms with van der Waals surface area (Å²) in [4.78, 5) is 0.307. The summed E-state index contributed by atoms with van der Waals surface area (Å²) < 4.78 is 33.8. The Kier molecular flexibility index (Phi) is 3.94.